The van der Waals surface area contributed by atoms with E-state index in [1.807, 2.05) is 17.9 Å². The lowest BCUT2D eigenvalue weighted by atomic mass is 9.92. The van der Waals surface area contributed by atoms with Crippen molar-refractivity contribution in [1.29, 1.82) is 0 Å². The topological polar surface area (TPSA) is 101 Å². The van der Waals surface area contributed by atoms with Crippen LogP contribution in [0.5, 0.6) is 5.75 Å². The van der Waals surface area contributed by atoms with Crippen molar-refractivity contribution in [2.24, 2.45) is 5.92 Å². The van der Waals surface area contributed by atoms with Crippen LogP contribution in [0.2, 0.25) is 0 Å². The first kappa shape index (κ1) is 25.9. The highest BCUT2D eigenvalue weighted by atomic mass is 19.3. The number of alkyl halides is 2. The molecule has 0 saturated carbocycles. The number of nitrogens with one attached hydrogen (secondary N) is 1. The second-order valence-electron chi connectivity index (χ2n) is 9.19. The maximum absolute atomic E-state index is 13.3. The number of carbonyl (C=O) groups is 1. The van der Waals surface area contributed by atoms with Gasteiger partial charge < -0.3 is 24.6 Å². The van der Waals surface area contributed by atoms with E-state index in [0.29, 0.717) is 36.9 Å². The fourth-order valence-corrected chi connectivity index (χ4v) is 3.89. The molecule has 8 nitrogen and oxygen atoms in total. The molecule has 2 N–H and O–H groups in total. The first-order valence-electron chi connectivity index (χ1n) is 11.7. The molecule has 10 heteroatoms. The van der Waals surface area contributed by atoms with E-state index in [4.69, 9.17) is 4.74 Å². The van der Waals surface area contributed by atoms with Crippen LogP contribution in [0.3, 0.4) is 0 Å². The van der Waals surface area contributed by atoms with Crippen molar-refractivity contribution < 1.29 is 27.9 Å². The monoisotopic (exact) mass is 480 g/mol. The Balaban J connectivity index is 1.38. The van der Waals surface area contributed by atoms with Crippen LogP contribution in [-0.4, -0.2) is 53.0 Å². The number of aliphatic hydroxyl groups excluding tert-OH is 1. The molecule has 1 aromatic carbocycles. The molecule has 0 bridgehead atoms. The number of halogens is 2. The van der Waals surface area contributed by atoms with Gasteiger partial charge in [0.05, 0.1) is 18.8 Å². The third kappa shape index (κ3) is 6.88. The van der Waals surface area contributed by atoms with E-state index in [2.05, 4.69) is 20.0 Å². The van der Waals surface area contributed by atoms with Crippen molar-refractivity contribution >= 4 is 11.9 Å². The summed E-state index contributed by atoms with van der Waals surface area (Å²) in [4.78, 5) is 18.1. The van der Waals surface area contributed by atoms with Gasteiger partial charge in [-0.1, -0.05) is 0 Å². The van der Waals surface area contributed by atoms with E-state index >= 15 is 0 Å². The van der Waals surface area contributed by atoms with Gasteiger partial charge >= 0.3 is 5.92 Å². The summed E-state index contributed by atoms with van der Waals surface area (Å²) in [5, 5.41) is 16.0. The molecule has 0 radical (unpaired) electrons. The van der Waals surface area contributed by atoms with Crippen LogP contribution >= 0.6 is 0 Å². The van der Waals surface area contributed by atoms with Crippen LogP contribution in [0.15, 0.2) is 22.7 Å². The molecule has 0 spiro atoms. The lowest BCUT2D eigenvalue weighted by Gasteiger charge is -2.30. The number of amides is 1. The molecule has 1 aliphatic heterocycles. The number of aliphatic hydroxyl groups is 1. The third-order valence-electron chi connectivity index (χ3n) is 6.24. The van der Waals surface area contributed by atoms with Gasteiger partial charge in [-0.25, -0.2) is 0 Å². The molecule has 188 valence electrons. The Hall–Kier alpha value is -2.75. The highest BCUT2D eigenvalue weighted by molar-refractivity contribution is 5.96. The Kier molecular flexibility index (Phi) is 8.46. The van der Waals surface area contributed by atoms with Crippen molar-refractivity contribution in [3.63, 3.8) is 0 Å². The van der Waals surface area contributed by atoms with Gasteiger partial charge in [0.25, 0.3) is 17.7 Å². The number of hydrogen-bond acceptors (Lipinski definition) is 7. The molecule has 1 aromatic heterocycles. The van der Waals surface area contributed by atoms with Crippen molar-refractivity contribution in [3.05, 3.63) is 35.2 Å². The number of aromatic nitrogens is 2. The minimum atomic E-state index is -3.13. The molecular weight excluding hydrogens is 446 g/mol. The minimum Gasteiger partial charge on any atom is -0.494 e. The van der Waals surface area contributed by atoms with Gasteiger partial charge in [0, 0.05) is 25.6 Å². The number of benzene rings is 1. The van der Waals surface area contributed by atoms with Crippen LogP contribution in [0.4, 0.5) is 14.7 Å². The van der Waals surface area contributed by atoms with Crippen LogP contribution < -0.4 is 15.0 Å². The summed E-state index contributed by atoms with van der Waals surface area (Å²) in [7, 11) is 0. The lowest BCUT2D eigenvalue weighted by molar-refractivity contribution is -0.0158. The Labute approximate surface area is 198 Å². The predicted octanol–water partition coefficient (Wildman–Crippen LogP) is 4.06. The molecule has 2 heterocycles. The average molecular weight is 481 g/mol. The minimum absolute atomic E-state index is 0.218. The molecule has 1 aliphatic rings. The van der Waals surface area contributed by atoms with Gasteiger partial charge in [0.1, 0.15) is 5.75 Å². The molecule has 2 atom stereocenters. The number of nitrogens with zero attached hydrogens (tertiary/aromatic N) is 3. The van der Waals surface area contributed by atoms with Gasteiger partial charge in [-0.3, -0.25) is 4.79 Å². The number of piperidine rings is 1. The molecule has 3 rings (SSSR count). The highest BCUT2D eigenvalue weighted by Crippen LogP contribution is 2.29. The second kappa shape index (κ2) is 11.1. The predicted molar refractivity (Wildman–Crippen MR) is 123 cm³/mol. The first-order chi connectivity index (χ1) is 16.0. The number of carbonyl (C=O) groups excluding carboxylic acids is 1. The molecule has 1 saturated heterocycles. The van der Waals surface area contributed by atoms with Gasteiger partial charge in [-0.15, -0.1) is 0 Å². The van der Waals surface area contributed by atoms with Crippen molar-refractivity contribution in [2.75, 3.05) is 24.6 Å². The SMILES string of the molecule is Cc1cc(OCCCC2CCN(c3noc(C(C)(F)F)n3)CC2)ccc1C(=O)N[C@H](C)[C@H](C)O. The van der Waals surface area contributed by atoms with Crippen molar-refractivity contribution in [3.8, 4) is 5.75 Å². The first-order valence-corrected chi connectivity index (χ1v) is 11.7. The fourth-order valence-electron chi connectivity index (χ4n) is 3.89. The van der Waals surface area contributed by atoms with E-state index in [0.717, 1.165) is 38.2 Å². The summed E-state index contributed by atoms with van der Waals surface area (Å²) in [6.07, 6.45) is 3.14. The number of ether oxygens (including phenoxy) is 1. The zero-order chi connectivity index (χ0) is 24.9. The average Bonchev–Trinajstić information content (AvgIpc) is 3.28. The van der Waals surface area contributed by atoms with Crippen LogP contribution in [0.1, 0.15) is 68.3 Å². The zero-order valence-electron chi connectivity index (χ0n) is 20.2. The molecule has 34 heavy (non-hydrogen) atoms. The maximum Gasteiger partial charge on any atom is 0.322 e. The number of rotatable bonds is 10. The van der Waals surface area contributed by atoms with E-state index in [-0.39, 0.29) is 17.9 Å². The van der Waals surface area contributed by atoms with Crippen LogP contribution in [0, 0.1) is 12.8 Å². The number of aryl methyl sites for hydroxylation is 1. The summed E-state index contributed by atoms with van der Waals surface area (Å²) in [6, 6.07) is 5.04. The molecule has 1 amide bonds. The summed E-state index contributed by atoms with van der Waals surface area (Å²) < 4.78 is 37.1. The Morgan fingerprint density at radius 1 is 1.35 bits per heavy atom. The molecule has 0 aliphatic carbocycles. The summed E-state index contributed by atoms with van der Waals surface area (Å²) in [6.45, 7) is 7.98. The Morgan fingerprint density at radius 2 is 2.06 bits per heavy atom. The van der Waals surface area contributed by atoms with E-state index in [1.54, 1.807) is 26.0 Å². The van der Waals surface area contributed by atoms with Gasteiger partial charge in [0.15, 0.2) is 0 Å². The normalized spacial score (nSPS) is 16.9. The van der Waals surface area contributed by atoms with Gasteiger partial charge in [-0.05, 0) is 81.3 Å². The Morgan fingerprint density at radius 3 is 2.65 bits per heavy atom. The lowest BCUT2D eigenvalue weighted by Crippen LogP contribution is -2.39. The van der Waals surface area contributed by atoms with Gasteiger partial charge in [0.2, 0.25) is 0 Å². The van der Waals surface area contributed by atoms with Crippen molar-refractivity contribution in [2.45, 2.75) is 71.4 Å². The highest BCUT2D eigenvalue weighted by Gasteiger charge is 2.33. The third-order valence-corrected chi connectivity index (χ3v) is 6.24. The fraction of sp³-hybridized carbons (Fsp3) is 0.625. The van der Waals surface area contributed by atoms with Gasteiger partial charge in [-0.2, -0.15) is 13.8 Å². The number of hydrogen-bond donors (Lipinski definition) is 2. The summed E-state index contributed by atoms with van der Waals surface area (Å²) in [5.41, 5.74) is 1.37. The second-order valence-corrected chi connectivity index (χ2v) is 9.19. The summed E-state index contributed by atoms with van der Waals surface area (Å²) >= 11 is 0. The standard InChI is InChI=1S/C24H34F2N4O4/c1-15-14-19(7-8-20(15)21(32)27-16(2)17(3)31)33-13-5-6-18-9-11-30(12-10-18)23-28-22(34-29-23)24(4,25)26/h7-8,14,16-18,31H,5-6,9-13H2,1-4H3,(H,27,32)/t16-,17+/m1/s1. The van der Waals surface area contributed by atoms with E-state index < -0.39 is 17.9 Å². The van der Waals surface area contributed by atoms with Crippen LogP contribution in [0.25, 0.3) is 0 Å². The summed E-state index contributed by atoms with van der Waals surface area (Å²) in [5.74, 6) is -2.53. The molecular formula is C24H34F2N4O4. The maximum atomic E-state index is 13.3. The van der Waals surface area contributed by atoms with Crippen molar-refractivity contribution in [1.82, 2.24) is 15.5 Å². The largest absolute Gasteiger partial charge is 0.494 e. The molecule has 0 unspecified atom stereocenters. The zero-order valence-corrected chi connectivity index (χ0v) is 20.2. The molecule has 1 fully saturated rings. The van der Waals surface area contributed by atoms with E-state index in [1.165, 1.54) is 0 Å². The molecule has 2 aromatic rings. The quantitative estimate of drug-likeness (QED) is 0.495. The van der Waals surface area contributed by atoms with Crippen LogP contribution in [-0.2, 0) is 5.92 Å². The Bertz CT molecular complexity index is 953. The van der Waals surface area contributed by atoms with E-state index in [9.17, 15) is 18.7 Å². The number of anilines is 1. The smallest absolute Gasteiger partial charge is 0.322 e.